The van der Waals surface area contributed by atoms with Crippen molar-refractivity contribution in [3.8, 4) is 0 Å². The molecule has 2 rings (SSSR count). The highest BCUT2D eigenvalue weighted by molar-refractivity contribution is 6.13. The molecule has 0 radical (unpaired) electrons. The number of carbonyl (C=O) groups is 4. The summed E-state index contributed by atoms with van der Waals surface area (Å²) in [6.07, 6.45) is 9.71. The molecule has 2 heterocycles. The third-order valence-electron chi connectivity index (χ3n) is 4.16. The van der Waals surface area contributed by atoms with Crippen molar-refractivity contribution in [2.45, 2.75) is 26.2 Å². The number of rotatable bonds is 11. The predicted molar refractivity (Wildman–Crippen MR) is 113 cm³/mol. The van der Waals surface area contributed by atoms with Crippen LogP contribution in [-0.2, 0) is 16.0 Å². The van der Waals surface area contributed by atoms with Gasteiger partial charge in [0.05, 0.1) is 12.8 Å². The molecule has 0 unspecified atom stereocenters. The van der Waals surface area contributed by atoms with Gasteiger partial charge in [0.2, 0.25) is 0 Å². The molecule has 7 heteroatoms. The molecule has 30 heavy (non-hydrogen) atoms. The van der Waals surface area contributed by atoms with Crippen LogP contribution < -0.4 is 0 Å². The number of ketones is 4. The highest BCUT2D eigenvalue weighted by atomic mass is 16.2. The van der Waals surface area contributed by atoms with Crippen LogP contribution in [0.3, 0.4) is 0 Å². The maximum absolute atomic E-state index is 12.4. The van der Waals surface area contributed by atoms with Crippen molar-refractivity contribution in [1.82, 2.24) is 9.97 Å². The molecule has 0 saturated heterocycles. The zero-order valence-electron chi connectivity index (χ0n) is 16.6. The maximum Gasteiger partial charge on any atom is 0.172 e. The van der Waals surface area contributed by atoms with Gasteiger partial charge >= 0.3 is 0 Å². The van der Waals surface area contributed by atoms with Crippen molar-refractivity contribution >= 4 is 29.9 Å². The first kappa shape index (κ1) is 22.4. The molecule has 0 aliphatic rings. The zero-order valence-corrected chi connectivity index (χ0v) is 16.6. The van der Waals surface area contributed by atoms with E-state index in [1.807, 2.05) is 0 Å². The highest BCUT2D eigenvalue weighted by Crippen LogP contribution is 2.11. The standard InChI is InChI=1S/C23H21N3O4/c1-16(5-3-7-24-2)21(28)11-20(27)10-17-9-19(15-26-13-17)23(30)12-22(29)18-6-4-8-25-14-18/h3-9,13-15H,2,10-12H2,1H3/b7-3-,16-5+. The number of nitrogens with zero attached hydrogens (tertiary/aromatic N) is 3. The lowest BCUT2D eigenvalue weighted by Crippen LogP contribution is -2.13. The Morgan fingerprint density at radius 2 is 1.77 bits per heavy atom. The summed E-state index contributed by atoms with van der Waals surface area (Å²) in [7, 11) is 0. The van der Waals surface area contributed by atoms with E-state index in [1.165, 1.54) is 30.9 Å². The number of hydrogen-bond donors (Lipinski definition) is 0. The summed E-state index contributed by atoms with van der Waals surface area (Å²) in [5.41, 5.74) is 1.52. The van der Waals surface area contributed by atoms with Crippen molar-refractivity contribution in [3.05, 3.63) is 83.6 Å². The number of aliphatic imine (C=N–C) groups is 1. The van der Waals surface area contributed by atoms with E-state index in [2.05, 4.69) is 21.7 Å². The third-order valence-corrected chi connectivity index (χ3v) is 4.16. The first-order valence-corrected chi connectivity index (χ1v) is 9.15. The van der Waals surface area contributed by atoms with E-state index < -0.39 is 5.78 Å². The Kier molecular flexibility index (Phi) is 8.38. The lowest BCUT2D eigenvalue weighted by Gasteiger charge is -2.05. The van der Waals surface area contributed by atoms with Gasteiger partial charge in [-0.3, -0.25) is 34.1 Å². The summed E-state index contributed by atoms with van der Waals surface area (Å²) < 4.78 is 0. The van der Waals surface area contributed by atoms with Crippen molar-refractivity contribution in [3.63, 3.8) is 0 Å². The molecule has 0 aliphatic carbocycles. The minimum Gasteiger partial charge on any atom is -0.299 e. The van der Waals surface area contributed by atoms with Crippen LogP contribution in [0.25, 0.3) is 0 Å². The van der Waals surface area contributed by atoms with Gasteiger partial charge in [-0.1, -0.05) is 6.08 Å². The summed E-state index contributed by atoms with van der Waals surface area (Å²) in [5, 5.41) is 0. The molecule has 0 saturated carbocycles. The van der Waals surface area contributed by atoms with Crippen LogP contribution in [0.1, 0.15) is 46.0 Å². The van der Waals surface area contributed by atoms with E-state index in [0.29, 0.717) is 16.7 Å². The smallest absolute Gasteiger partial charge is 0.172 e. The lowest BCUT2D eigenvalue weighted by atomic mass is 9.99. The normalized spacial score (nSPS) is 11.3. The molecule has 2 aromatic rings. The summed E-state index contributed by atoms with van der Waals surface area (Å²) in [5.74, 6) is -1.33. The summed E-state index contributed by atoms with van der Waals surface area (Å²) in [4.78, 5) is 60.3. The van der Waals surface area contributed by atoms with Crippen LogP contribution in [0.2, 0.25) is 0 Å². The Hall–Kier alpha value is -3.87. The van der Waals surface area contributed by atoms with Gasteiger partial charge in [0.15, 0.2) is 17.3 Å². The van der Waals surface area contributed by atoms with Gasteiger partial charge in [-0.25, -0.2) is 0 Å². The summed E-state index contributed by atoms with van der Waals surface area (Å²) in [6, 6.07) is 4.73. The number of aromatic nitrogens is 2. The van der Waals surface area contributed by atoms with E-state index in [1.54, 1.807) is 37.4 Å². The van der Waals surface area contributed by atoms with Gasteiger partial charge in [-0.15, -0.1) is 0 Å². The molecule has 0 fully saturated rings. The van der Waals surface area contributed by atoms with E-state index >= 15 is 0 Å². The number of pyridine rings is 2. The van der Waals surface area contributed by atoms with Gasteiger partial charge in [0.1, 0.15) is 5.78 Å². The SMILES string of the molecule is C=N/C=C\C=C(/C)C(=O)CC(=O)Cc1cncc(C(=O)CC(=O)c2cccnc2)c1. The fourth-order valence-electron chi connectivity index (χ4n) is 2.56. The Labute approximate surface area is 174 Å². The highest BCUT2D eigenvalue weighted by Gasteiger charge is 2.16. The predicted octanol–water partition coefficient (Wildman–Crippen LogP) is 3.16. The van der Waals surface area contributed by atoms with Crippen molar-refractivity contribution in [1.29, 1.82) is 0 Å². The van der Waals surface area contributed by atoms with Crippen LogP contribution in [0.5, 0.6) is 0 Å². The minimum atomic E-state index is -0.400. The van der Waals surface area contributed by atoms with E-state index in [4.69, 9.17) is 0 Å². The number of Topliss-reactive ketones (excluding diaryl/α,β-unsaturated/α-hetero) is 4. The average Bonchev–Trinajstić information content (AvgIpc) is 2.74. The molecular formula is C23H21N3O4. The number of hydrogen-bond acceptors (Lipinski definition) is 7. The van der Waals surface area contributed by atoms with E-state index in [-0.39, 0.29) is 42.2 Å². The first-order valence-electron chi connectivity index (χ1n) is 9.15. The van der Waals surface area contributed by atoms with Crippen LogP contribution in [0.4, 0.5) is 0 Å². The van der Waals surface area contributed by atoms with Crippen molar-refractivity contribution < 1.29 is 19.2 Å². The van der Waals surface area contributed by atoms with Crippen LogP contribution >= 0.6 is 0 Å². The largest absolute Gasteiger partial charge is 0.299 e. The van der Waals surface area contributed by atoms with Crippen LogP contribution in [0, 0.1) is 0 Å². The Morgan fingerprint density at radius 3 is 2.47 bits per heavy atom. The molecule has 0 bridgehead atoms. The van der Waals surface area contributed by atoms with E-state index in [0.717, 1.165) is 0 Å². The first-order chi connectivity index (χ1) is 14.4. The minimum absolute atomic E-state index is 0.0340. The molecule has 7 nitrogen and oxygen atoms in total. The molecule has 2 aromatic heterocycles. The molecule has 0 aromatic carbocycles. The van der Waals surface area contributed by atoms with Crippen LogP contribution in [0.15, 0.2) is 71.9 Å². The quantitative estimate of drug-likeness (QED) is 0.188. The van der Waals surface area contributed by atoms with Crippen LogP contribution in [-0.4, -0.2) is 39.8 Å². The Bertz CT molecular complexity index is 1020. The fraction of sp³-hybridized carbons (Fsp3) is 0.174. The van der Waals surface area contributed by atoms with Gasteiger partial charge in [0.25, 0.3) is 0 Å². The molecule has 0 aliphatic heterocycles. The maximum atomic E-state index is 12.4. The van der Waals surface area contributed by atoms with Crippen molar-refractivity contribution in [2.75, 3.05) is 0 Å². The molecule has 0 spiro atoms. The second kappa shape index (κ2) is 11.2. The topological polar surface area (TPSA) is 106 Å². The molecular weight excluding hydrogens is 382 g/mol. The average molecular weight is 403 g/mol. The van der Waals surface area contributed by atoms with E-state index in [9.17, 15) is 19.2 Å². The fourth-order valence-corrected chi connectivity index (χ4v) is 2.56. The Balaban J connectivity index is 1.98. The van der Waals surface area contributed by atoms with Gasteiger partial charge in [0, 0.05) is 48.5 Å². The molecule has 0 amide bonds. The monoisotopic (exact) mass is 403 g/mol. The van der Waals surface area contributed by atoms with Crippen molar-refractivity contribution in [2.24, 2.45) is 4.99 Å². The Morgan fingerprint density at radius 1 is 1.03 bits per heavy atom. The number of carbonyl (C=O) groups excluding carboxylic acids is 4. The molecule has 0 atom stereocenters. The molecule has 0 N–H and O–H groups in total. The summed E-state index contributed by atoms with van der Waals surface area (Å²) >= 11 is 0. The second-order valence-electron chi connectivity index (χ2n) is 6.54. The third kappa shape index (κ3) is 6.94. The lowest BCUT2D eigenvalue weighted by molar-refractivity contribution is -0.124. The number of allylic oxidation sites excluding steroid dienone is 3. The van der Waals surface area contributed by atoms with Gasteiger partial charge in [-0.05, 0) is 49.1 Å². The van der Waals surface area contributed by atoms with Gasteiger partial charge in [-0.2, -0.15) is 0 Å². The van der Waals surface area contributed by atoms with Gasteiger partial charge < -0.3 is 0 Å². The second-order valence-corrected chi connectivity index (χ2v) is 6.54. The zero-order chi connectivity index (χ0) is 21.9. The molecule has 152 valence electrons. The summed E-state index contributed by atoms with van der Waals surface area (Å²) in [6.45, 7) is 4.91.